The van der Waals surface area contributed by atoms with Crippen LogP contribution in [0.5, 0.6) is 5.75 Å². The summed E-state index contributed by atoms with van der Waals surface area (Å²) < 4.78 is 8.22. The summed E-state index contributed by atoms with van der Waals surface area (Å²) in [5.41, 5.74) is 4.46. The van der Waals surface area contributed by atoms with Gasteiger partial charge < -0.3 is 14.6 Å². The Morgan fingerprint density at radius 3 is 2.43 bits per heavy atom. The van der Waals surface area contributed by atoms with Gasteiger partial charge in [-0.15, -0.1) is 0 Å². The van der Waals surface area contributed by atoms with Crippen LogP contribution in [-0.4, -0.2) is 22.1 Å². The number of nitrogens with one attached hydrogen (secondary N) is 1. The lowest BCUT2D eigenvalue weighted by atomic mass is 9.99. The number of carbonyl (C=O) groups excluding carboxylic acids is 1. The summed E-state index contributed by atoms with van der Waals surface area (Å²) in [6.07, 6.45) is 2.29. The van der Waals surface area contributed by atoms with Crippen LogP contribution >= 0.6 is 0 Å². The first-order valence-corrected chi connectivity index (χ1v) is 12.6. The Morgan fingerprint density at radius 2 is 1.69 bits per heavy atom. The molecule has 1 aromatic heterocycles. The van der Waals surface area contributed by atoms with E-state index in [4.69, 9.17) is 9.72 Å². The molecular weight excluding hydrogens is 434 g/mol. The number of aryl methyl sites for hydroxylation is 1. The molecule has 2 unspecified atom stereocenters. The van der Waals surface area contributed by atoms with Gasteiger partial charge in [-0.05, 0) is 61.1 Å². The molecule has 0 spiro atoms. The molecule has 0 radical (unpaired) electrons. The monoisotopic (exact) mass is 469 g/mol. The highest BCUT2D eigenvalue weighted by Crippen LogP contribution is 2.23. The van der Waals surface area contributed by atoms with Crippen molar-refractivity contribution in [3.8, 4) is 5.75 Å². The second-order valence-corrected chi connectivity index (χ2v) is 9.11. The molecule has 0 aliphatic heterocycles. The molecule has 35 heavy (non-hydrogen) atoms. The van der Waals surface area contributed by atoms with Crippen LogP contribution in [0.15, 0.2) is 78.9 Å². The first-order chi connectivity index (χ1) is 17.0. The maximum absolute atomic E-state index is 12.6. The summed E-state index contributed by atoms with van der Waals surface area (Å²) in [5, 5.41) is 3.14. The summed E-state index contributed by atoms with van der Waals surface area (Å²) >= 11 is 0. The van der Waals surface area contributed by atoms with Crippen molar-refractivity contribution in [2.24, 2.45) is 0 Å². The fourth-order valence-corrected chi connectivity index (χ4v) is 4.32. The van der Waals surface area contributed by atoms with E-state index in [0.29, 0.717) is 25.5 Å². The zero-order valence-electron chi connectivity index (χ0n) is 20.9. The Labute approximate surface area is 208 Å². The number of para-hydroxylation sites is 2. The Kier molecular flexibility index (Phi) is 8.19. The molecule has 0 saturated heterocycles. The fourth-order valence-electron chi connectivity index (χ4n) is 4.32. The van der Waals surface area contributed by atoms with Gasteiger partial charge in [-0.1, -0.05) is 68.4 Å². The van der Waals surface area contributed by atoms with E-state index >= 15 is 0 Å². The number of fused-ring (bicyclic) bond motifs is 1. The molecular formula is C30H35N3O2. The minimum absolute atomic E-state index is 0.0256. The molecule has 4 aromatic rings. The van der Waals surface area contributed by atoms with E-state index in [9.17, 15) is 4.79 Å². The van der Waals surface area contributed by atoms with E-state index < -0.39 is 0 Å². The molecule has 1 heterocycles. The molecule has 0 fully saturated rings. The molecule has 1 amide bonds. The van der Waals surface area contributed by atoms with Crippen LogP contribution < -0.4 is 10.1 Å². The van der Waals surface area contributed by atoms with E-state index in [1.54, 1.807) is 0 Å². The average molecular weight is 470 g/mol. The van der Waals surface area contributed by atoms with Crippen molar-refractivity contribution < 1.29 is 9.53 Å². The van der Waals surface area contributed by atoms with Crippen molar-refractivity contribution in [1.29, 1.82) is 0 Å². The number of rotatable bonds is 11. The standard InChI is InChI=1S/C30H35N3O2/c1-4-22(2)25-15-17-26(18-16-25)35-21-20-33-28-13-9-8-12-27(28)32-30(33)23(3)31-29(34)19-14-24-10-6-5-7-11-24/h5-13,15-18,22-23H,4,14,19-21H2,1-3H3,(H,31,34). The molecule has 5 nitrogen and oxygen atoms in total. The summed E-state index contributed by atoms with van der Waals surface area (Å²) in [6.45, 7) is 7.60. The average Bonchev–Trinajstić information content (AvgIpc) is 3.27. The molecule has 0 saturated carbocycles. The number of benzene rings is 3. The van der Waals surface area contributed by atoms with Gasteiger partial charge in [0.05, 0.1) is 23.6 Å². The van der Waals surface area contributed by atoms with Gasteiger partial charge in [0, 0.05) is 6.42 Å². The quantitative estimate of drug-likeness (QED) is 0.275. The zero-order valence-corrected chi connectivity index (χ0v) is 20.9. The maximum Gasteiger partial charge on any atom is 0.220 e. The smallest absolute Gasteiger partial charge is 0.220 e. The van der Waals surface area contributed by atoms with Crippen LogP contribution in [0.25, 0.3) is 11.0 Å². The van der Waals surface area contributed by atoms with E-state index in [-0.39, 0.29) is 11.9 Å². The van der Waals surface area contributed by atoms with Gasteiger partial charge in [0.2, 0.25) is 5.91 Å². The SMILES string of the molecule is CCC(C)c1ccc(OCCn2c(C(C)NC(=O)CCc3ccccc3)nc3ccccc32)cc1. The van der Waals surface area contributed by atoms with Crippen LogP contribution in [0, 0.1) is 0 Å². The zero-order chi connectivity index (χ0) is 24.6. The van der Waals surface area contributed by atoms with Crippen molar-refractivity contribution in [2.75, 3.05) is 6.61 Å². The van der Waals surface area contributed by atoms with Gasteiger partial charge in [-0.25, -0.2) is 4.98 Å². The number of ether oxygens (including phenoxy) is 1. The molecule has 0 bridgehead atoms. The lowest BCUT2D eigenvalue weighted by Gasteiger charge is -2.17. The number of aromatic nitrogens is 2. The summed E-state index contributed by atoms with van der Waals surface area (Å²) in [4.78, 5) is 17.5. The largest absolute Gasteiger partial charge is 0.492 e. The van der Waals surface area contributed by atoms with Crippen molar-refractivity contribution >= 4 is 16.9 Å². The maximum atomic E-state index is 12.6. The van der Waals surface area contributed by atoms with E-state index in [1.165, 1.54) is 5.56 Å². The molecule has 3 aromatic carbocycles. The summed E-state index contributed by atoms with van der Waals surface area (Å²) in [5.74, 6) is 2.28. The second-order valence-electron chi connectivity index (χ2n) is 9.11. The molecule has 5 heteroatoms. The second kappa shape index (κ2) is 11.7. The Hall–Kier alpha value is -3.60. The Morgan fingerprint density at radius 1 is 0.971 bits per heavy atom. The molecule has 2 atom stereocenters. The van der Waals surface area contributed by atoms with Gasteiger partial charge >= 0.3 is 0 Å². The lowest BCUT2D eigenvalue weighted by molar-refractivity contribution is -0.121. The number of carbonyl (C=O) groups is 1. The van der Waals surface area contributed by atoms with Crippen LogP contribution in [0.4, 0.5) is 0 Å². The number of amides is 1. The third kappa shape index (κ3) is 6.30. The number of nitrogens with zero attached hydrogens (tertiary/aromatic N) is 2. The van der Waals surface area contributed by atoms with Crippen LogP contribution in [0.1, 0.15) is 62.5 Å². The number of hydrogen-bond acceptors (Lipinski definition) is 3. The first-order valence-electron chi connectivity index (χ1n) is 12.6. The van der Waals surface area contributed by atoms with E-state index in [1.807, 2.05) is 67.6 Å². The third-order valence-electron chi connectivity index (χ3n) is 6.58. The van der Waals surface area contributed by atoms with Crippen LogP contribution in [0.3, 0.4) is 0 Å². The highest BCUT2D eigenvalue weighted by atomic mass is 16.5. The molecule has 1 N–H and O–H groups in total. The van der Waals surface area contributed by atoms with E-state index in [2.05, 4.69) is 41.9 Å². The lowest BCUT2D eigenvalue weighted by Crippen LogP contribution is -2.29. The summed E-state index contributed by atoms with van der Waals surface area (Å²) in [6, 6.07) is 26.3. The Balaban J connectivity index is 1.41. The van der Waals surface area contributed by atoms with Gasteiger partial charge in [0.25, 0.3) is 0 Å². The molecule has 182 valence electrons. The predicted octanol–water partition coefficient (Wildman–Crippen LogP) is 6.44. The minimum Gasteiger partial charge on any atom is -0.492 e. The van der Waals surface area contributed by atoms with Crippen molar-refractivity contribution in [2.45, 2.75) is 58.5 Å². The highest BCUT2D eigenvalue weighted by molar-refractivity contribution is 5.78. The van der Waals surface area contributed by atoms with Crippen molar-refractivity contribution in [1.82, 2.24) is 14.9 Å². The third-order valence-corrected chi connectivity index (χ3v) is 6.58. The molecule has 0 aliphatic carbocycles. The highest BCUT2D eigenvalue weighted by Gasteiger charge is 2.18. The molecule has 0 aliphatic rings. The van der Waals surface area contributed by atoms with Gasteiger partial charge in [0.1, 0.15) is 18.2 Å². The fraction of sp³-hybridized carbons (Fsp3) is 0.333. The van der Waals surface area contributed by atoms with Gasteiger partial charge in [0.15, 0.2) is 0 Å². The number of hydrogen-bond donors (Lipinski definition) is 1. The minimum atomic E-state index is -0.208. The van der Waals surface area contributed by atoms with Crippen LogP contribution in [-0.2, 0) is 17.8 Å². The van der Waals surface area contributed by atoms with Crippen LogP contribution in [0.2, 0.25) is 0 Å². The topological polar surface area (TPSA) is 56.1 Å². The van der Waals surface area contributed by atoms with Crippen molar-refractivity contribution in [3.63, 3.8) is 0 Å². The normalized spacial score (nSPS) is 12.9. The molecule has 4 rings (SSSR count). The predicted molar refractivity (Wildman–Crippen MR) is 142 cm³/mol. The van der Waals surface area contributed by atoms with Crippen molar-refractivity contribution in [3.05, 3.63) is 95.8 Å². The van der Waals surface area contributed by atoms with E-state index in [0.717, 1.165) is 41.0 Å². The first kappa shape index (κ1) is 24.5. The van der Waals surface area contributed by atoms with Gasteiger partial charge in [-0.3, -0.25) is 4.79 Å². The summed E-state index contributed by atoms with van der Waals surface area (Å²) in [7, 11) is 0. The van der Waals surface area contributed by atoms with Gasteiger partial charge in [-0.2, -0.15) is 0 Å². The Bertz CT molecular complexity index is 1230. The number of imidazole rings is 1.